The van der Waals surface area contributed by atoms with E-state index in [1.54, 1.807) is 41.9 Å². The first-order valence-corrected chi connectivity index (χ1v) is 44.3. The largest absolute Gasteiger partial charge is 0.508 e. The summed E-state index contributed by atoms with van der Waals surface area (Å²) < 4.78 is 0.827. The number of aromatic nitrogens is 1. The molecule has 3 fully saturated rings. The molecule has 21 N–H and O–H groups in total. The zero-order chi connectivity index (χ0) is 92.3. The van der Waals surface area contributed by atoms with Crippen LogP contribution < -0.4 is 70.8 Å². The molecule has 16 amide bonds. The molecule has 686 valence electrons. The van der Waals surface area contributed by atoms with Gasteiger partial charge in [-0.15, -0.1) is 23.1 Å². The second-order valence-electron chi connectivity index (χ2n) is 32.1. The topological polar surface area (TPSA) is 595 Å². The maximum Gasteiger partial charge on any atom is 0.246 e. The Hall–Kier alpha value is -11.7. The summed E-state index contributed by atoms with van der Waals surface area (Å²) in [5.41, 5.74) is 25.4. The summed E-state index contributed by atoms with van der Waals surface area (Å²) in [6.07, 6.45) is -0.0987. The van der Waals surface area contributed by atoms with E-state index < -0.39 is 241 Å². The van der Waals surface area contributed by atoms with Crippen molar-refractivity contribution in [2.45, 2.75) is 215 Å². The van der Waals surface area contributed by atoms with Gasteiger partial charge in [0.25, 0.3) is 0 Å². The first kappa shape index (κ1) is 99.8. The summed E-state index contributed by atoms with van der Waals surface area (Å²) in [6, 6.07) is 0.293. The number of thiophene rings is 1. The standard InChI is InChI=1S/C85H119N19O20S2/c1-8-10-22-64-79(118)94-57(21-16-30-86)76(115)99-63(75(114)91-40-71(89)110)44-125-45-72(111)93-58(32-48-26-28-52(106)29-27-48)82(121)100(5)47(4)73(112)95-60(37-70(88)109)84(123)103-31-17-24-65(103)80(119)97-61(38-87)77(116)92-46(3)81(120)104-41-53(107)36-67(104)68(108)35-49(33-50-39-90-56-20-14-12-18-54(50)56)74(113)98-62(42-105)78(117)96-59(34-51-43-126-69-25-15-13-19-55(51)69)83(122)102(7)66(23-11-9-2)85(124)101(64)6/h12-15,18-20,25-29,39,43,46-47,49,53,57-67,90,105-107H,8-11,16-17,21-24,30-38,40-42,44-45,86-87H2,1-7H3,(H2,88,109)(H2,89,110)(H,91,114)(H,92,116)(H,93,111)(H,94,118)(H,95,112)(H,96,117)(H,97,119)(H,98,113)(H,99,115)/t46-,47-,49+,53+,57-,58-,59-,60-,61-,62-,63-,64-,65-,66-,67?/m0/s1. The quantitative estimate of drug-likeness (QED) is 0.0336. The fourth-order valence-electron chi connectivity index (χ4n) is 15.6. The number of hydrogen-bond donors (Lipinski definition) is 17. The lowest BCUT2D eigenvalue weighted by Crippen LogP contribution is -2.61. The Morgan fingerprint density at radius 2 is 1.18 bits per heavy atom. The van der Waals surface area contributed by atoms with Gasteiger partial charge in [0.2, 0.25) is 94.5 Å². The van der Waals surface area contributed by atoms with Crippen LogP contribution >= 0.6 is 23.1 Å². The van der Waals surface area contributed by atoms with Crippen molar-refractivity contribution >= 4 is 144 Å². The number of aliphatic hydroxyl groups excluding tert-OH is 2. The minimum atomic E-state index is -1.82. The number of Topliss-reactive ketones (excluding diaryl/α,β-unsaturated/α-hetero) is 1. The molecule has 0 bridgehead atoms. The van der Waals surface area contributed by atoms with Crippen LogP contribution in [0.25, 0.3) is 21.0 Å². The maximum atomic E-state index is 15.6. The van der Waals surface area contributed by atoms with Gasteiger partial charge in [-0.2, -0.15) is 0 Å². The number of nitrogens with two attached hydrogens (primary N) is 4. The van der Waals surface area contributed by atoms with Gasteiger partial charge in [-0.3, -0.25) is 81.5 Å². The summed E-state index contributed by atoms with van der Waals surface area (Å²) in [6.45, 7) is 3.41. The van der Waals surface area contributed by atoms with Crippen LogP contribution in [0.5, 0.6) is 5.75 Å². The fraction of sp³-hybridized carbons (Fsp3) is 0.541. The monoisotopic (exact) mass is 1790 g/mol. The lowest BCUT2D eigenvalue weighted by molar-refractivity contribution is -0.149. The predicted molar refractivity (Wildman–Crippen MR) is 467 cm³/mol. The number of fused-ring (bicyclic) bond motifs is 4. The molecule has 3 saturated heterocycles. The molecule has 0 aliphatic carbocycles. The van der Waals surface area contributed by atoms with Gasteiger partial charge < -0.3 is 116 Å². The highest BCUT2D eigenvalue weighted by Crippen LogP contribution is 2.31. The number of para-hydroxylation sites is 1. The Morgan fingerprint density at radius 3 is 1.85 bits per heavy atom. The van der Waals surface area contributed by atoms with E-state index in [1.165, 1.54) is 80.4 Å². The average Bonchev–Trinajstić information content (AvgIpc) is 1.55. The first-order valence-electron chi connectivity index (χ1n) is 42.3. The van der Waals surface area contributed by atoms with Gasteiger partial charge >= 0.3 is 0 Å². The smallest absolute Gasteiger partial charge is 0.246 e. The van der Waals surface area contributed by atoms with Gasteiger partial charge in [0.15, 0.2) is 5.78 Å². The van der Waals surface area contributed by atoms with Crippen molar-refractivity contribution in [1.82, 2.24) is 77.3 Å². The van der Waals surface area contributed by atoms with Crippen molar-refractivity contribution in [2.75, 3.05) is 72.0 Å². The molecule has 0 spiro atoms. The number of ketones is 1. The number of carbonyl (C=O) groups is 17. The third-order valence-corrected chi connectivity index (χ3v) is 24.9. The molecule has 39 nitrogen and oxygen atoms in total. The zero-order valence-electron chi connectivity index (χ0n) is 71.9. The molecule has 15 atom stereocenters. The summed E-state index contributed by atoms with van der Waals surface area (Å²) in [5.74, 6) is -17.9. The molecular weight excluding hydrogens is 1670 g/mol. The van der Waals surface area contributed by atoms with Crippen LogP contribution in [0.4, 0.5) is 0 Å². The van der Waals surface area contributed by atoms with Crippen LogP contribution in [0.15, 0.2) is 84.4 Å². The normalized spacial score (nSPS) is 25.8. The number of primary amides is 2. The highest BCUT2D eigenvalue weighted by Gasteiger charge is 2.46. The summed E-state index contributed by atoms with van der Waals surface area (Å²) in [4.78, 5) is 254. The third-order valence-electron chi connectivity index (χ3n) is 22.9. The third kappa shape index (κ3) is 26.9. The number of aromatic amines is 1. The number of unbranched alkanes of at least 4 members (excludes halogenated alkanes) is 2. The minimum Gasteiger partial charge on any atom is -0.508 e. The fourth-order valence-corrected chi connectivity index (χ4v) is 17.4. The number of carbonyl (C=O) groups excluding carboxylic acids is 17. The molecule has 3 aliphatic rings. The van der Waals surface area contributed by atoms with Crippen molar-refractivity contribution in [3.63, 3.8) is 0 Å². The summed E-state index contributed by atoms with van der Waals surface area (Å²) in [5, 5.41) is 59.0. The number of hydrogen-bond acceptors (Lipinski definition) is 24. The van der Waals surface area contributed by atoms with Crippen LogP contribution in [-0.4, -0.2) is 302 Å². The molecule has 5 aromatic rings. The van der Waals surface area contributed by atoms with E-state index in [1.807, 2.05) is 32.0 Å². The molecule has 0 saturated carbocycles. The van der Waals surface area contributed by atoms with Crippen molar-refractivity contribution in [1.29, 1.82) is 0 Å². The number of aliphatic hydroxyl groups is 2. The molecule has 3 aliphatic heterocycles. The van der Waals surface area contributed by atoms with Gasteiger partial charge in [0.05, 0.1) is 37.5 Å². The van der Waals surface area contributed by atoms with Gasteiger partial charge in [0.1, 0.15) is 78.3 Å². The zero-order valence-corrected chi connectivity index (χ0v) is 73.5. The number of thioether (sulfide) groups is 1. The molecule has 8 rings (SSSR count). The van der Waals surface area contributed by atoms with Crippen LogP contribution in [0.1, 0.15) is 128 Å². The average molecular weight is 1790 g/mol. The van der Waals surface area contributed by atoms with E-state index in [0.29, 0.717) is 53.3 Å². The van der Waals surface area contributed by atoms with Crippen LogP contribution in [0, 0.1) is 5.92 Å². The minimum absolute atomic E-state index is 0.00507. The number of phenols is 1. The number of amides is 16. The van der Waals surface area contributed by atoms with E-state index in [2.05, 4.69) is 52.8 Å². The Kier molecular flexibility index (Phi) is 37.7. The van der Waals surface area contributed by atoms with Gasteiger partial charge in [-0.25, -0.2) is 0 Å². The Bertz CT molecular complexity index is 4740. The molecule has 1 unspecified atom stereocenters. The molecule has 41 heteroatoms. The number of H-pyrrole nitrogens is 1. The van der Waals surface area contributed by atoms with Crippen molar-refractivity contribution in [3.8, 4) is 5.75 Å². The number of rotatable bonds is 22. The number of phenolic OH excluding ortho intramolecular Hbond substituents is 1. The summed E-state index contributed by atoms with van der Waals surface area (Å²) >= 11 is 2.14. The lowest BCUT2D eigenvalue weighted by atomic mass is 9.90. The molecule has 5 heterocycles. The van der Waals surface area contributed by atoms with Gasteiger partial charge in [0, 0.05) is 99.9 Å². The Balaban J connectivity index is 1.16. The molecule has 126 heavy (non-hydrogen) atoms. The van der Waals surface area contributed by atoms with E-state index >= 15 is 28.8 Å². The van der Waals surface area contributed by atoms with E-state index in [-0.39, 0.29) is 83.0 Å². The van der Waals surface area contributed by atoms with Gasteiger partial charge in [-0.05, 0) is 117 Å². The van der Waals surface area contributed by atoms with Crippen molar-refractivity contribution in [3.05, 3.63) is 101 Å². The maximum absolute atomic E-state index is 15.6. The van der Waals surface area contributed by atoms with Crippen LogP contribution in [0.2, 0.25) is 0 Å². The summed E-state index contributed by atoms with van der Waals surface area (Å²) in [7, 11) is 3.95. The molecule has 0 radical (unpaired) electrons. The van der Waals surface area contributed by atoms with Crippen molar-refractivity contribution in [2.24, 2.45) is 28.9 Å². The highest BCUT2D eigenvalue weighted by atomic mass is 32.2. The van der Waals surface area contributed by atoms with Crippen molar-refractivity contribution < 1.29 is 96.8 Å². The van der Waals surface area contributed by atoms with E-state index in [9.17, 15) is 68.1 Å². The van der Waals surface area contributed by atoms with E-state index in [4.69, 9.17) is 22.9 Å². The lowest BCUT2D eigenvalue weighted by Gasteiger charge is -2.36. The van der Waals surface area contributed by atoms with E-state index in [0.717, 1.165) is 36.5 Å². The second-order valence-corrected chi connectivity index (χ2v) is 34.1. The molecular formula is C85H119N19O20S2. The number of likely N-dealkylation sites (N-methyl/N-ethyl adjacent to an activating group) is 3. The number of nitrogens with zero attached hydrogens (tertiary/aromatic N) is 5. The van der Waals surface area contributed by atoms with Crippen LogP contribution in [0.3, 0.4) is 0 Å². The predicted octanol–water partition coefficient (Wildman–Crippen LogP) is -2.66. The number of nitrogens with one attached hydrogen (secondary N) is 10. The van der Waals surface area contributed by atoms with Crippen LogP contribution in [-0.2, 0) is 101 Å². The second kappa shape index (κ2) is 47.6. The molecule has 3 aromatic carbocycles. The van der Waals surface area contributed by atoms with Gasteiger partial charge in [-0.1, -0.05) is 88.1 Å². The highest BCUT2D eigenvalue weighted by molar-refractivity contribution is 8.00. The first-order chi connectivity index (χ1) is 60.0. The Morgan fingerprint density at radius 1 is 0.571 bits per heavy atom. The SMILES string of the molecule is CCCC[C@H]1C(=O)N(C)[C@@H](CCCC)C(=O)N[C@@H](CCCN)C(=O)N[C@H](C(=O)NCC(N)=O)CSCC(=O)N[C@@H](Cc2ccc(O)cc2)C(=O)N(C)[C@@H](C)C(=O)N[C@@H](CC(N)=O)C(=O)N2CCC[C@H]2C(=O)N[C@@H](CN)C(=O)N[C@@H](C)C(=O)N2C[C@H](O)CC2C(=O)C[C@@H](Cc2c[nH]c3ccccc23)C(=O)N[C@@H](CO)C(=O)N[C@@H](Cc2csc3ccccc23)C(=O)N1C. The molecule has 2 aromatic heterocycles. The Labute approximate surface area is 737 Å². The number of aromatic hydroxyl groups is 1. The number of benzene rings is 3.